The number of thiazole rings is 1. The Hall–Kier alpha value is -0.580. The number of nitrogens with two attached hydrogens (primary N) is 1. The highest BCUT2D eigenvalue weighted by Crippen LogP contribution is 2.28. The maximum atomic E-state index is 6.32. The Kier molecular flexibility index (Phi) is 4.41. The molecule has 19 heavy (non-hydrogen) atoms. The summed E-state index contributed by atoms with van der Waals surface area (Å²) in [5, 5.41) is 1.19. The number of hydrogen-bond donors (Lipinski definition) is 1. The Morgan fingerprint density at radius 2 is 2.05 bits per heavy atom. The van der Waals surface area contributed by atoms with Crippen molar-refractivity contribution in [1.29, 1.82) is 0 Å². The van der Waals surface area contributed by atoms with Crippen LogP contribution in [0.3, 0.4) is 0 Å². The highest BCUT2D eigenvalue weighted by Gasteiger charge is 2.18. The predicted molar refractivity (Wildman–Crippen MR) is 86.0 cm³/mol. The quantitative estimate of drug-likeness (QED) is 0.934. The van der Waals surface area contributed by atoms with E-state index in [1.54, 1.807) is 11.3 Å². The Morgan fingerprint density at radius 3 is 2.84 bits per heavy atom. The van der Waals surface area contributed by atoms with Crippen molar-refractivity contribution >= 4 is 33.3 Å². The average Bonchev–Trinajstić information content (AvgIpc) is 2.81. The Labute approximate surface area is 122 Å². The fourth-order valence-corrected chi connectivity index (χ4v) is 4.99. The van der Waals surface area contributed by atoms with Crippen LogP contribution in [0.15, 0.2) is 24.3 Å². The summed E-state index contributed by atoms with van der Waals surface area (Å²) in [6.45, 7) is 0. The predicted octanol–water partition coefficient (Wildman–Crippen LogP) is 3.70. The first-order valence-electron chi connectivity index (χ1n) is 6.99. The van der Waals surface area contributed by atoms with E-state index in [1.165, 1.54) is 34.1 Å². The van der Waals surface area contributed by atoms with Crippen molar-refractivity contribution in [2.75, 3.05) is 11.5 Å². The smallest absolute Gasteiger partial charge is 0.0954 e. The summed E-state index contributed by atoms with van der Waals surface area (Å²) in [5.74, 6) is 3.47. The molecule has 2 heterocycles. The number of rotatable bonds is 4. The minimum absolute atomic E-state index is 0.272. The fourth-order valence-electron chi connectivity index (χ4n) is 2.73. The summed E-state index contributed by atoms with van der Waals surface area (Å²) in [6, 6.07) is 8.61. The van der Waals surface area contributed by atoms with E-state index in [0.29, 0.717) is 0 Å². The van der Waals surface area contributed by atoms with E-state index < -0.39 is 0 Å². The van der Waals surface area contributed by atoms with Gasteiger partial charge in [0, 0.05) is 12.5 Å². The van der Waals surface area contributed by atoms with E-state index in [-0.39, 0.29) is 6.04 Å². The lowest BCUT2D eigenvalue weighted by molar-refractivity contribution is 0.406. The lowest BCUT2D eigenvalue weighted by atomic mass is 9.93. The second-order valence-corrected chi connectivity index (χ2v) is 7.67. The van der Waals surface area contributed by atoms with E-state index in [9.17, 15) is 0 Å². The standard InChI is InChI=1S/C15H20N2S2/c16-12(9-11-5-7-18-8-6-11)10-15-17-13-3-1-2-4-14(13)19-15/h1-4,11-12H,5-10,16H2. The molecule has 1 aromatic carbocycles. The van der Waals surface area contributed by atoms with Crippen LogP contribution >= 0.6 is 23.1 Å². The second-order valence-electron chi connectivity index (χ2n) is 5.33. The van der Waals surface area contributed by atoms with Crippen LogP contribution in [-0.2, 0) is 6.42 Å². The molecule has 1 saturated heterocycles. The van der Waals surface area contributed by atoms with E-state index in [4.69, 9.17) is 5.73 Å². The summed E-state index contributed by atoms with van der Waals surface area (Å²) >= 11 is 3.87. The summed E-state index contributed by atoms with van der Waals surface area (Å²) in [7, 11) is 0. The van der Waals surface area contributed by atoms with Gasteiger partial charge in [0.2, 0.25) is 0 Å². The van der Waals surface area contributed by atoms with Crippen LogP contribution in [0.4, 0.5) is 0 Å². The van der Waals surface area contributed by atoms with Crippen LogP contribution in [0.1, 0.15) is 24.3 Å². The summed E-state index contributed by atoms with van der Waals surface area (Å²) in [5.41, 5.74) is 7.43. The Morgan fingerprint density at radius 1 is 1.26 bits per heavy atom. The monoisotopic (exact) mass is 292 g/mol. The van der Waals surface area contributed by atoms with Crippen LogP contribution in [-0.4, -0.2) is 22.5 Å². The molecule has 1 fully saturated rings. The molecule has 1 unspecified atom stereocenters. The van der Waals surface area contributed by atoms with Gasteiger partial charge in [0.25, 0.3) is 0 Å². The zero-order valence-corrected chi connectivity index (χ0v) is 12.7. The highest BCUT2D eigenvalue weighted by atomic mass is 32.2. The third kappa shape index (κ3) is 3.50. The van der Waals surface area contributed by atoms with Crippen LogP contribution in [0.2, 0.25) is 0 Å². The lowest BCUT2D eigenvalue weighted by Gasteiger charge is -2.23. The lowest BCUT2D eigenvalue weighted by Crippen LogP contribution is -2.27. The molecule has 3 rings (SSSR count). The minimum Gasteiger partial charge on any atom is -0.327 e. The molecule has 1 atom stereocenters. The van der Waals surface area contributed by atoms with Gasteiger partial charge in [-0.2, -0.15) is 11.8 Å². The highest BCUT2D eigenvalue weighted by molar-refractivity contribution is 7.99. The normalized spacial score (nSPS) is 18.8. The molecule has 1 aromatic heterocycles. The van der Waals surface area contributed by atoms with Gasteiger partial charge in [-0.3, -0.25) is 0 Å². The maximum Gasteiger partial charge on any atom is 0.0954 e. The Balaban J connectivity index is 1.60. The van der Waals surface area contributed by atoms with Crippen molar-refractivity contribution in [1.82, 2.24) is 4.98 Å². The van der Waals surface area contributed by atoms with Gasteiger partial charge in [-0.25, -0.2) is 4.98 Å². The van der Waals surface area contributed by atoms with E-state index in [0.717, 1.165) is 24.3 Å². The van der Waals surface area contributed by atoms with Crippen molar-refractivity contribution in [2.24, 2.45) is 11.7 Å². The molecule has 102 valence electrons. The molecular formula is C15H20N2S2. The second kappa shape index (κ2) is 6.25. The Bertz CT molecular complexity index is 499. The van der Waals surface area contributed by atoms with Gasteiger partial charge in [-0.1, -0.05) is 12.1 Å². The van der Waals surface area contributed by atoms with E-state index >= 15 is 0 Å². The largest absolute Gasteiger partial charge is 0.327 e. The van der Waals surface area contributed by atoms with E-state index in [2.05, 4.69) is 34.9 Å². The van der Waals surface area contributed by atoms with Gasteiger partial charge in [0.15, 0.2) is 0 Å². The van der Waals surface area contributed by atoms with Crippen molar-refractivity contribution in [3.63, 3.8) is 0 Å². The first-order chi connectivity index (χ1) is 9.31. The van der Waals surface area contributed by atoms with Crippen LogP contribution in [0.5, 0.6) is 0 Å². The molecule has 0 radical (unpaired) electrons. The molecule has 2 N–H and O–H groups in total. The fraction of sp³-hybridized carbons (Fsp3) is 0.533. The van der Waals surface area contributed by atoms with E-state index in [1.807, 2.05) is 6.07 Å². The van der Waals surface area contributed by atoms with Crippen LogP contribution < -0.4 is 5.73 Å². The minimum atomic E-state index is 0.272. The SMILES string of the molecule is NC(Cc1nc2ccccc2s1)CC1CCSCC1. The summed E-state index contributed by atoms with van der Waals surface area (Å²) in [6.07, 6.45) is 4.79. The number of para-hydroxylation sites is 1. The van der Waals surface area contributed by atoms with Crippen molar-refractivity contribution < 1.29 is 0 Å². The molecule has 2 nitrogen and oxygen atoms in total. The topological polar surface area (TPSA) is 38.9 Å². The molecule has 0 aliphatic carbocycles. The summed E-state index contributed by atoms with van der Waals surface area (Å²) < 4.78 is 1.28. The average molecular weight is 292 g/mol. The van der Waals surface area contributed by atoms with Gasteiger partial charge in [0.1, 0.15) is 0 Å². The molecule has 4 heteroatoms. The number of fused-ring (bicyclic) bond motifs is 1. The number of benzene rings is 1. The zero-order valence-electron chi connectivity index (χ0n) is 11.0. The van der Waals surface area contributed by atoms with Gasteiger partial charge >= 0.3 is 0 Å². The number of hydrogen-bond acceptors (Lipinski definition) is 4. The third-order valence-corrected chi connectivity index (χ3v) is 5.86. The zero-order chi connectivity index (χ0) is 13.1. The summed E-state index contributed by atoms with van der Waals surface area (Å²) in [4.78, 5) is 4.68. The number of thioether (sulfide) groups is 1. The first-order valence-corrected chi connectivity index (χ1v) is 8.96. The molecular weight excluding hydrogens is 272 g/mol. The van der Waals surface area contributed by atoms with Crippen LogP contribution in [0, 0.1) is 5.92 Å². The molecule has 2 aromatic rings. The maximum absolute atomic E-state index is 6.32. The van der Waals surface area contributed by atoms with Crippen molar-refractivity contribution in [3.8, 4) is 0 Å². The molecule has 0 amide bonds. The molecule has 0 bridgehead atoms. The van der Waals surface area contributed by atoms with Crippen LogP contribution in [0.25, 0.3) is 10.2 Å². The third-order valence-electron chi connectivity index (χ3n) is 3.75. The van der Waals surface area contributed by atoms with Gasteiger partial charge in [-0.05, 0) is 48.8 Å². The number of aromatic nitrogens is 1. The van der Waals surface area contributed by atoms with Gasteiger partial charge < -0.3 is 5.73 Å². The first kappa shape index (κ1) is 13.4. The molecule has 1 aliphatic heterocycles. The van der Waals surface area contributed by atoms with Gasteiger partial charge in [-0.15, -0.1) is 11.3 Å². The molecule has 0 saturated carbocycles. The van der Waals surface area contributed by atoms with Crippen molar-refractivity contribution in [3.05, 3.63) is 29.3 Å². The van der Waals surface area contributed by atoms with Gasteiger partial charge in [0.05, 0.1) is 15.2 Å². The number of nitrogens with zero attached hydrogens (tertiary/aromatic N) is 1. The van der Waals surface area contributed by atoms with Crippen molar-refractivity contribution in [2.45, 2.75) is 31.7 Å². The molecule has 1 aliphatic rings. The molecule has 0 spiro atoms.